The smallest absolute Gasteiger partial charge is 0.326 e. The van der Waals surface area contributed by atoms with E-state index in [-0.39, 0.29) is 22.3 Å². The van der Waals surface area contributed by atoms with Gasteiger partial charge in [0.2, 0.25) is 0 Å². The predicted molar refractivity (Wildman–Crippen MR) is 82.0 cm³/mol. The summed E-state index contributed by atoms with van der Waals surface area (Å²) in [4.78, 5) is 40.3. The van der Waals surface area contributed by atoms with E-state index in [9.17, 15) is 18.8 Å². The van der Waals surface area contributed by atoms with Gasteiger partial charge >= 0.3 is 5.69 Å². The van der Waals surface area contributed by atoms with Crippen LogP contribution in [0.4, 0.5) is 4.39 Å². The van der Waals surface area contributed by atoms with Crippen molar-refractivity contribution in [3.63, 3.8) is 0 Å². The predicted octanol–water partition coefficient (Wildman–Crippen LogP) is 0.823. The summed E-state index contributed by atoms with van der Waals surface area (Å²) >= 11 is 0. The van der Waals surface area contributed by atoms with Crippen molar-refractivity contribution >= 4 is 10.9 Å². The molecule has 0 spiro atoms. The Balaban J connectivity index is 2.53. The fourth-order valence-corrected chi connectivity index (χ4v) is 2.50. The number of fused-ring (bicyclic) bond motifs is 1. The Morgan fingerprint density at radius 2 is 1.91 bits per heavy atom. The summed E-state index contributed by atoms with van der Waals surface area (Å²) in [6.07, 6.45) is 0. The van der Waals surface area contributed by atoms with Gasteiger partial charge in [-0.25, -0.2) is 9.18 Å². The van der Waals surface area contributed by atoms with Gasteiger partial charge in [0, 0.05) is 5.69 Å². The number of aromatic nitrogens is 3. The number of benzene rings is 1. The zero-order chi connectivity index (χ0) is 16.7. The fraction of sp³-hybridized carbons (Fsp3) is 0.133. The van der Waals surface area contributed by atoms with Crippen molar-refractivity contribution in [2.45, 2.75) is 6.92 Å². The monoisotopic (exact) mass is 317 g/mol. The van der Waals surface area contributed by atoms with Crippen LogP contribution in [0.5, 0.6) is 5.75 Å². The van der Waals surface area contributed by atoms with E-state index in [1.807, 2.05) is 4.98 Å². The van der Waals surface area contributed by atoms with E-state index < -0.39 is 22.6 Å². The lowest BCUT2D eigenvalue weighted by molar-refractivity contribution is 0.408. The van der Waals surface area contributed by atoms with Crippen LogP contribution in [0.1, 0.15) is 5.69 Å². The maximum absolute atomic E-state index is 14.3. The number of H-pyrrole nitrogens is 2. The second kappa shape index (κ2) is 5.24. The van der Waals surface area contributed by atoms with E-state index in [1.165, 1.54) is 31.4 Å². The molecule has 3 rings (SSSR count). The quantitative estimate of drug-likeness (QED) is 0.731. The molecule has 0 bridgehead atoms. The van der Waals surface area contributed by atoms with E-state index in [0.717, 1.165) is 4.57 Å². The molecule has 0 amide bonds. The first-order valence-electron chi connectivity index (χ1n) is 6.66. The molecule has 1 aromatic carbocycles. The van der Waals surface area contributed by atoms with Crippen molar-refractivity contribution in [1.82, 2.24) is 14.5 Å². The van der Waals surface area contributed by atoms with Gasteiger partial charge in [-0.1, -0.05) is 6.07 Å². The number of hydrogen-bond acceptors (Lipinski definition) is 4. The number of nitrogens with one attached hydrogen (secondary N) is 2. The number of halogens is 1. The third kappa shape index (κ3) is 2.24. The second-order valence-corrected chi connectivity index (χ2v) is 4.91. The summed E-state index contributed by atoms with van der Waals surface area (Å²) in [5.41, 5.74) is -2.17. The number of aryl methyl sites for hydroxylation is 1. The molecule has 23 heavy (non-hydrogen) atoms. The molecule has 0 aliphatic rings. The Morgan fingerprint density at radius 3 is 2.61 bits per heavy atom. The van der Waals surface area contributed by atoms with Crippen molar-refractivity contribution < 1.29 is 9.13 Å². The highest BCUT2D eigenvalue weighted by atomic mass is 19.1. The molecular weight excluding hydrogens is 305 g/mol. The molecule has 2 N–H and O–H groups in total. The van der Waals surface area contributed by atoms with Crippen LogP contribution in [0.3, 0.4) is 0 Å². The van der Waals surface area contributed by atoms with Gasteiger partial charge in [-0.05, 0) is 25.1 Å². The van der Waals surface area contributed by atoms with Crippen LogP contribution in [0.25, 0.3) is 16.6 Å². The lowest BCUT2D eigenvalue weighted by atomic mass is 10.2. The Hall–Kier alpha value is -3.16. The Bertz CT molecular complexity index is 1090. The van der Waals surface area contributed by atoms with Gasteiger partial charge in [0.05, 0.1) is 12.5 Å². The molecule has 0 saturated carbocycles. The summed E-state index contributed by atoms with van der Waals surface area (Å²) in [5.74, 6) is -0.511. The first-order valence-corrected chi connectivity index (χ1v) is 6.66. The first kappa shape index (κ1) is 14.8. The maximum atomic E-state index is 14.3. The van der Waals surface area contributed by atoms with Crippen LogP contribution in [0, 0.1) is 12.7 Å². The van der Waals surface area contributed by atoms with Crippen molar-refractivity contribution in [2.24, 2.45) is 0 Å². The zero-order valence-electron chi connectivity index (χ0n) is 12.3. The van der Waals surface area contributed by atoms with Crippen LogP contribution in [-0.4, -0.2) is 21.6 Å². The maximum Gasteiger partial charge on any atom is 0.326 e. The van der Waals surface area contributed by atoms with Gasteiger partial charge in [-0.3, -0.25) is 19.1 Å². The normalized spacial score (nSPS) is 10.9. The summed E-state index contributed by atoms with van der Waals surface area (Å²) < 4.78 is 20.4. The van der Waals surface area contributed by atoms with E-state index in [4.69, 9.17) is 4.74 Å². The van der Waals surface area contributed by atoms with Gasteiger partial charge in [0.25, 0.3) is 11.1 Å². The second-order valence-electron chi connectivity index (χ2n) is 4.91. The molecule has 2 heterocycles. The molecule has 7 nitrogen and oxygen atoms in total. The average molecular weight is 317 g/mol. The average Bonchev–Trinajstić information content (AvgIpc) is 2.50. The number of para-hydroxylation sites is 1. The van der Waals surface area contributed by atoms with Crippen LogP contribution in [0.15, 0.2) is 38.6 Å². The molecule has 3 aromatic rings. The van der Waals surface area contributed by atoms with Crippen molar-refractivity contribution in [2.75, 3.05) is 7.11 Å². The SMILES string of the molecule is COc1cccc(F)c1-n1c(C)cc2c(=O)[nH]c(=O)[nH]c2c1=O. The minimum Gasteiger partial charge on any atom is -0.494 e. The number of rotatable bonds is 2. The highest BCUT2D eigenvalue weighted by molar-refractivity contribution is 5.77. The van der Waals surface area contributed by atoms with E-state index in [0.29, 0.717) is 5.69 Å². The highest BCUT2D eigenvalue weighted by Crippen LogP contribution is 2.25. The van der Waals surface area contributed by atoms with E-state index in [1.54, 1.807) is 6.92 Å². The molecule has 8 heteroatoms. The molecule has 118 valence electrons. The Morgan fingerprint density at radius 1 is 1.17 bits per heavy atom. The van der Waals surface area contributed by atoms with Gasteiger partial charge in [-0.15, -0.1) is 0 Å². The van der Waals surface area contributed by atoms with Gasteiger partial charge < -0.3 is 9.72 Å². The lowest BCUT2D eigenvalue weighted by Crippen LogP contribution is -2.30. The molecule has 0 atom stereocenters. The molecule has 0 aliphatic carbocycles. The topological polar surface area (TPSA) is 96.9 Å². The molecule has 2 aromatic heterocycles. The van der Waals surface area contributed by atoms with Crippen LogP contribution in [0.2, 0.25) is 0 Å². The summed E-state index contributed by atoms with van der Waals surface area (Å²) in [5, 5.41) is 0.0265. The third-order valence-corrected chi connectivity index (χ3v) is 3.50. The highest BCUT2D eigenvalue weighted by Gasteiger charge is 2.18. The molecule has 0 aliphatic heterocycles. The molecule has 0 unspecified atom stereocenters. The van der Waals surface area contributed by atoms with Crippen molar-refractivity contribution in [3.8, 4) is 11.4 Å². The first-order chi connectivity index (χ1) is 10.9. The van der Waals surface area contributed by atoms with Gasteiger partial charge in [0.1, 0.15) is 17.0 Å². The number of ether oxygens (including phenoxy) is 1. The standard InChI is InChI=1S/C15H12FN3O4/c1-7-6-8-11(17-15(22)18-13(8)20)14(21)19(7)12-9(16)4-3-5-10(12)23-2/h3-6H,1-2H3,(H2,17,18,20,22). The van der Waals surface area contributed by atoms with Gasteiger partial charge in [0.15, 0.2) is 5.82 Å². The lowest BCUT2D eigenvalue weighted by Gasteiger charge is -2.15. The summed E-state index contributed by atoms with van der Waals surface area (Å²) in [7, 11) is 1.35. The molecule has 0 saturated heterocycles. The van der Waals surface area contributed by atoms with E-state index in [2.05, 4.69) is 4.98 Å². The zero-order valence-corrected chi connectivity index (χ0v) is 12.3. The minimum absolute atomic E-state index is 0.0265. The third-order valence-electron chi connectivity index (χ3n) is 3.50. The molecular formula is C15H12FN3O4. The number of methoxy groups -OCH3 is 1. The minimum atomic E-state index is -0.810. The van der Waals surface area contributed by atoms with E-state index >= 15 is 0 Å². The molecule has 0 radical (unpaired) electrons. The van der Waals surface area contributed by atoms with Crippen LogP contribution in [-0.2, 0) is 0 Å². The Labute approximate surface area is 128 Å². The summed E-state index contributed by atoms with van der Waals surface area (Å²) in [6, 6.07) is 5.55. The van der Waals surface area contributed by atoms with Crippen LogP contribution < -0.4 is 21.5 Å². The fourth-order valence-electron chi connectivity index (χ4n) is 2.50. The largest absolute Gasteiger partial charge is 0.494 e. The summed E-state index contributed by atoms with van der Waals surface area (Å²) in [6.45, 7) is 1.55. The van der Waals surface area contributed by atoms with Gasteiger partial charge in [-0.2, -0.15) is 0 Å². The Kier molecular flexibility index (Phi) is 3.36. The molecule has 0 fully saturated rings. The number of hydrogen-bond donors (Lipinski definition) is 2. The van der Waals surface area contributed by atoms with Crippen molar-refractivity contribution in [1.29, 1.82) is 0 Å². The number of pyridine rings is 1. The number of nitrogens with zero attached hydrogens (tertiary/aromatic N) is 1. The number of aromatic amines is 2. The van der Waals surface area contributed by atoms with Crippen LogP contribution >= 0.6 is 0 Å². The van der Waals surface area contributed by atoms with Crippen molar-refractivity contribution in [3.05, 3.63) is 67.0 Å².